The Bertz CT molecular complexity index is 605. The van der Waals surface area contributed by atoms with Gasteiger partial charge in [0.25, 0.3) is 0 Å². The molecule has 20 heavy (non-hydrogen) atoms. The normalized spacial score (nSPS) is 13.8. The molecule has 2 N–H and O–H groups in total. The van der Waals surface area contributed by atoms with Crippen molar-refractivity contribution in [3.63, 3.8) is 0 Å². The van der Waals surface area contributed by atoms with Crippen LogP contribution >= 0.6 is 0 Å². The van der Waals surface area contributed by atoms with Crippen LogP contribution in [0.15, 0.2) is 30.3 Å². The maximum Gasteiger partial charge on any atom is 0.328 e. The van der Waals surface area contributed by atoms with Crippen molar-refractivity contribution in [2.24, 2.45) is 0 Å². The van der Waals surface area contributed by atoms with Crippen molar-refractivity contribution in [3.8, 4) is 0 Å². The first kappa shape index (κ1) is 16.4. The highest BCUT2D eigenvalue weighted by Gasteiger charge is 2.19. The van der Waals surface area contributed by atoms with Crippen molar-refractivity contribution >= 4 is 22.1 Å². The molecular formula is C14H19NO4S. The molecule has 1 unspecified atom stereocenters. The fourth-order valence-corrected chi connectivity index (χ4v) is 2.45. The summed E-state index contributed by atoms with van der Waals surface area (Å²) in [5.74, 6) is -1.02. The number of hydrogen-bond donors (Lipinski definition) is 2. The van der Waals surface area contributed by atoms with E-state index in [-0.39, 0.29) is 6.04 Å². The largest absolute Gasteiger partial charge is 0.478 e. The van der Waals surface area contributed by atoms with E-state index in [1.54, 1.807) is 45.0 Å². The summed E-state index contributed by atoms with van der Waals surface area (Å²) in [4.78, 5) is 10.5. The van der Waals surface area contributed by atoms with Crippen LogP contribution in [0, 0.1) is 0 Å². The molecule has 0 amide bonds. The van der Waals surface area contributed by atoms with Crippen LogP contribution in [0.4, 0.5) is 0 Å². The summed E-state index contributed by atoms with van der Waals surface area (Å²) in [5.41, 5.74) is 1.49. The molecule has 0 aliphatic heterocycles. The minimum Gasteiger partial charge on any atom is -0.478 e. The van der Waals surface area contributed by atoms with Crippen LogP contribution in [0.3, 0.4) is 0 Å². The summed E-state index contributed by atoms with van der Waals surface area (Å²) >= 11 is 0. The highest BCUT2D eigenvalue weighted by Crippen LogP contribution is 2.17. The van der Waals surface area contributed by atoms with Gasteiger partial charge >= 0.3 is 5.97 Å². The maximum absolute atomic E-state index is 11.8. The van der Waals surface area contributed by atoms with Gasteiger partial charge in [0, 0.05) is 12.1 Å². The second-order valence-corrected chi connectivity index (χ2v) is 7.04. The lowest BCUT2D eigenvalue weighted by Gasteiger charge is -2.17. The molecule has 0 heterocycles. The fourth-order valence-electron chi connectivity index (χ4n) is 1.55. The van der Waals surface area contributed by atoms with Crippen molar-refractivity contribution in [2.45, 2.75) is 32.1 Å². The van der Waals surface area contributed by atoms with Gasteiger partial charge in [-0.1, -0.05) is 24.3 Å². The highest BCUT2D eigenvalue weighted by molar-refractivity contribution is 7.90. The number of hydrogen-bond acceptors (Lipinski definition) is 3. The number of sulfonamides is 1. The van der Waals surface area contributed by atoms with Gasteiger partial charge < -0.3 is 5.11 Å². The Morgan fingerprint density at radius 3 is 2.50 bits per heavy atom. The third-order valence-corrected chi connectivity index (χ3v) is 4.71. The Balaban J connectivity index is 2.92. The second-order valence-electron chi connectivity index (χ2n) is 4.77. The van der Waals surface area contributed by atoms with Gasteiger partial charge in [-0.2, -0.15) is 0 Å². The molecule has 110 valence electrons. The summed E-state index contributed by atoms with van der Waals surface area (Å²) < 4.78 is 26.2. The number of aliphatic carboxylic acids is 1. The predicted molar refractivity (Wildman–Crippen MR) is 78.7 cm³/mol. The molecular weight excluding hydrogens is 278 g/mol. The summed E-state index contributed by atoms with van der Waals surface area (Å²) in [7, 11) is -3.35. The van der Waals surface area contributed by atoms with Crippen molar-refractivity contribution < 1.29 is 18.3 Å². The zero-order chi connectivity index (χ0) is 15.3. The number of nitrogens with one attached hydrogen (secondary N) is 1. The quantitative estimate of drug-likeness (QED) is 0.788. The van der Waals surface area contributed by atoms with E-state index in [4.69, 9.17) is 5.11 Å². The van der Waals surface area contributed by atoms with E-state index in [2.05, 4.69) is 4.72 Å². The molecule has 1 aromatic carbocycles. The summed E-state index contributed by atoms with van der Waals surface area (Å²) in [5, 5.41) is 8.09. The Kier molecular flexibility index (Phi) is 5.47. The van der Waals surface area contributed by atoms with E-state index in [0.29, 0.717) is 5.56 Å². The second kappa shape index (κ2) is 6.67. The first-order valence-corrected chi connectivity index (χ1v) is 7.79. The molecule has 1 aromatic rings. The fraction of sp³-hybridized carbons (Fsp3) is 0.357. The van der Waals surface area contributed by atoms with Crippen LogP contribution < -0.4 is 4.72 Å². The van der Waals surface area contributed by atoms with E-state index >= 15 is 0 Å². The molecule has 0 saturated carbocycles. The third kappa shape index (κ3) is 4.79. The molecule has 0 radical (unpaired) electrons. The molecule has 0 aliphatic rings. The highest BCUT2D eigenvalue weighted by atomic mass is 32.2. The van der Waals surface area contributed by atoms with Crippen molar-refractivity contribution in [3.05, 3.63) is 41.5 Å². The lowest BCUT2D eigenvalue weighted by molar-refractivity contribution is -0.131. The smallest absolute Gasteiger partial charge is 0.328 e. The molecule has 0 fully saturated rings. The van der Waals surface area contributed by atoms with Gasteiger partial charge in [0.2, 0.25) is 10.0 Å². The molecule has 1 atom stereocenters. The molecule has 6 heteroatoms. The Hall–Kier alpha value is -1.66. The number of rotatable bonds is 6. The lowest BCUT2D eigenvalue weighted by Crippen LogP contribution is -2.32. The van der Waals surface area contributed by atoms with E-state index in [0.717, 1.165) is 11.6 Å². The van der Waals surface area contributed by atoms with Crippen LogP contribution in [-0.4, -0.2) is 24.7 Å². The zero-order valence-corrected chi connectivity index (χ0v) is 12.5. The first-order chi connectivity index (χ1) is 9.22. The first-order valence-electron chi connectivity index (χ1n) is 6.24. The Morgan fingerprint density at radius 1 is 1.30 bits per heavy atom. The van der Waals surface area contributed by atoms with Crippen LogP contribution in [0.1, 0.15) is 37.9 Å². The van der Waals surface area contributed by atoms with E-state index in [9.17, 15) is 13.2 Å². The average Bonchev–Trinajstić information content (AvgIpc) is 2.36. The van der Waals surface area contributed by atoms with Gasteiger partial charge in [-0.05, 0) is 38.0 Å². The number of carboxylic acids is 1. The van der Waals surface area contributed by atoms with Crippen LogP contribution in [0.5, 0.6) is 0 Å². The maximum atomic E-state index is 11.8. The van der Waals surface area contributed by atoms with Crippen LogP contribution in [0.2, 0.25) is 0 Å². The van der Waals surface area contributed by atoms with Crippen molar-refractivity contribution in [1.29, 1.82) is 0 Å². The number of benzene rings is 1. The molecule has 0 spiro atoms. The minimum atomic E-state index is -3.35. The number of carboxylic acid groups (broad SMARTS) is 1. The van der Waals surface area contributed by atoms with Crippen LogP contribution in [-0.2, 0) is 14.8 Å². The minimum absolute atomic E-state index is 0.374. The molecule has 0 bridgehead atoms. The third-order valence-electron chi connectivity index (χ3n) is 2.79. The summed E-state index contributed by atoms with van der Waals surface area (Å²) in [6.07, 6.45) is 2.51. The van der Waals surface area contributed by atoms with E-state index in [1.165, 1.54) is 6.08 Å². The molecule has 0 aromatic heterocycles. The molecule has 1 rings (SSSR count). The Labute approximate surface area is 119 Å². The van der Waals surface area contributed by atoms with Gasteiger partial charge in [0.15, 0.2) is 0 Å². The summed E-state index contributed by atoms with van der Waals surface area (Å²) in [6.45, 7) is 4.97. The molecule has 0 saturated heterocycles. The number of carbonyl (C=O) groups is 1. The van der Waals surface area contributed by atoms with E-state index < -0.39 is 21.2 Å². The monoisotopic (exact) mass is 297 g/mol. The van der Waals surface area contributed by atoms with Gasteiger partial charge in [-0.25, -0.2) is 17.9 Å². The zero-order valence-electron chi connectivity index (χ0n) is 11.7. The van der Waals surface area contributed by atoms with Crippen LogP contribution in [0.25, 0.3) is 6.08 Å². The van der Waals surface area contributed by atoms with E-state index in [1.807, 2.05) is 0 Å². The Morgan fingerprint density at radius 2 is 1.95 bits per heavy atom. The molecule has 0 aliphatic carbocycles. The average molecular weight is 297 g/mol. The SMILES string of the molecule is CC(NS(=O)(=O)C(C)C)c1cccc(C=CC(=O)O)c1. The van der Waals surface area contributed by atoms with Crippen molar-refractivity contribution in [1.82, 2.24) is 4.72 Å². The van der Waals surface area contributed by atoms with Crippen molar-refractivity contribution in [2.75, 3.05) is 0 Å². The van der Waals surface area contributed by atoms with Gasteiger partial charge in [0.1, 0.15) is 0 Å². The van der Waals surface area contributed by atoms with Gasteiger partial charge in [0.05, 0.1) is 5.25 Å². The standard InChI is InChI=1S/C14H19NO4S/c1-10(2)20(18,19)15-11(3)13-6-4-5-12(9-13)7-8-14(16)17/h4-11,15H,1-3H3,(H,16,17). The van der Waals surface area contributed by atoms with Gasteiger partial charge in [-0.3, -0.25) is 0 Å². The lowest BCUT2D eigenvalue weighted by atomic mass is 10.1. The predicted octanol–water partition coefficient (Wildman–Crippen LogP) is 2.17. The van der Waals surface area contributed by atoms with Gasteiger partial charge in [-0.15, -0.1) is 0 Å². The summed E-state index contributed by atoms with van der Waals surface area (Å²) in [6, 6.07) is 6.70. The topological polar surface area (TPSA) is 83.5 Å². The molecule has 5 nitrogen and oxygen atoms in total.